The second-order valence-electron chi connectivity index (χ2n) is 11.6. The average molecular weight is 562 g/mol. The van der Waals surface area contributed by atoms with Crippen molar-refractivity contribution in [2.24, 2.45) is 11.1 Å². The SMILES string of the molecule is C[C@@H](NC(=O)[C@@H](NC(=O)[C@@](O)(CCCc1cccc(F)c1-c1ccccc1)CC(N)=O)C(C)(C)C)c1ccccc1. The number of nitrogens with one attached hydrogen (secondary N) is 2. The minimum absolute atomic E-state index is 0.120. The predicted molar refractivity (Wildman–Crippen MR) is 158 cm³/mol. The van der Waals surface area contributed by atoms with Crippen LogP contribution in [0.25, 0.3) is 11.1 Å². The van der Waals surface area contributed by atoms with Crippen LogP contribution in [0.5, 0.6) is 0 Å². The highest BCUT2D eigenvalue weighted by Gasteiger charge is 2.42. The molecular formula is C33H40FN3O4. The van der Waals surface area contributed by atoms with Crippen molar-refractivity contribution in [1.82, 2.24) is 10.6 Å². The van der Waals surface area contributed by atoms with E-state index in [4.69, 9.17) is 5.73 Å². The van der Waals surface area contributed by atoms with Gasteiger partial charge in [0, 0.05) is 5.56 Å². The number of primary amides is 1. The zero-order valence-corrected chi connectivity index (χ0v) is 24.1. The van der Waals surface area contributed by atoms with Gasteiger partial charge in [-0.1, -0.05) is 93.6 Å². The number of aryl methyl sites for hydroxylation is 1. The van der Waals surface area contributed by atoms with Crippen molar-refractivity contribution in [3.05, 3.63) is 95.8 Å². The topological polar surface area (TPSA) is 122 Å². The Morgan fingerprint density at radius 2 is 1.51 bits per heavy atom. The van der Waals surface area contributed by atoms with Gasteiger partial charge >= 0.3 is 0 Å². The summed E-state index contributed by atoms with van der Waals surface area (Å²) in [6.45, 7) is 7.24. The molecule has 5 N–H and O–H groups in total. The van der Waals surface area contributed by atoms with Gasteiger partial charge in [-0.2, -0.15) is 0 Å². The Morgan fingerprint density at radius 1 is 0.902 bits per heavy atom. The minimum Gasteiger partial charge on any atom is -0.379 e. The van der Waals surface area contributed by atoms with Gasteiger partial charge in [0.05, 0.1) is 12.5 Å². The number of aliphatic hydroxyl groups is 1. The number of carbonyl (C=O) groups excluding carboxylic acids is 3. The highest BCUT2D eigenvalue weighted by molar-refractivity contribution is 5.94. The molecule has 0 spiro atoms. The lowest BCUT2D eigenvalue weighted by Crippen LogP contribution is -2.59. The lowest BCUT2D eigenvalue weighted by atomic mass is 9.84. The van der Waals surface area contributed by atoms with Crippen molar-refractivity contribution in [3.63, 3.8) is 0 Å². The van der Waals surface area contributed by atoms with E-state index in [-0.39, 0.29) is 24.7 Å². The number of hydrogen-bond donors (Lipinski definition) is 4. The van der Waals surface area contributed by atoms with E-state index in [0.717, 1.165) is 11.1 Å². The van der Waals surface area contributed by atoms with E-state index in [2.05, 4.69) is 10.6 Å². The maximum absolute atomic E-state index is 14.8. The van der Waals surface area contributed by atoms with Gasteiger partial charge in [0.25, 0.3) is 5.91 Å². The fourth-order valence-electron chi connectivity index (χ4n) is 4.91. The third-order valence-corrected chi connectivity index (χ3v) is 7.15. The first-order chi connectivity index (χ1) is 19.3. The average Bonchev–Trinajstić information content (AvgIpc) is 2.91. The highest BCUT2D eigenvalue weighted by atomic mass is 19.1. The molecule has 0 aliphatic carbocycles. The summed E-state index contributed by atoms with van der Waals surface area (Å²) in [5.41, 5.74) is 5.33. The van der Waals surface area contributed by atoms with Crippen molar-refractivity contribution in [2.45, 2.75) is 71.1 Å². The van der Waals surface area contributed by atoms with Gasteiger partial charge in [-0.15, -0.1) is 0 Å². The maximum Gasteiger partial charge on any atom is 0.253 e. The van der Waals surface area contributed by atoms with Crippen LogP contribution in [0.3, 0.4) is 0 Å². The fourth-order valence-corrected chi connectivity index (χ4v) is 4.91. The molecule has 0 unspecified atom stereocenters. The number of carbonyl (C=O) groups is 3. The fraction of sp³-hybridized carbons (Fsp3) is 0.364. The Balaban J connectivity index is 1.77. The van der Waals surface area contributed by atoms with Crippen LogP contribution in [0, 0.1) is 11.2 Å². The van der Waals surface area contributed by atoms with Crippen LogP contribution >= 0.6 is 0 Å². The smallest absolute Gasteiger partial charge is 0.253 e. The Morgan fingerprint density at radius 3 is 2.10 bits per heavy atom. The first kappa shape index (κ1) is 31.5. The molecule has 0 heterocycles. The van der Waals surface area contributed by atoms with Gasteiger partial charge in [-0.05, 0) is 54.4 Å². The zero-order valence-electron chi connectivity index (χ0n) is 24.1. The summed E-state index contributed by atoms with van der Waals surface area (Å²) in [7, 11) is 0. The molecule has 0 saturated heterocycles. The molecule has 0 aliphatic heterocycles. The number of benzene rings is 3. The zero-order chi connectivity index (χ0) is 30.2. The summed E-state index contributed by atoms with van der Waals surface area (Å²) in [6, 6.07) is 22.0. The lowest BCUT2D eigenvalue weighted by Gasteiger charge is -2.35. The largest absolute Gasteiger partial charge is 0.379 e. The normalized spacial score (nSPS) is 14.4. The van der Waals surface area contributed by atoms with E-state index in [9.17, 15) is 23.9 Å². The van der Waals surface area contributed by atoms with Gasteiger partial charge in [0.1, 0.15) is 11.9 Å². The van der Waals surface area contributed by atoms with Gasteiger partial charge in [-0.25, -0.2) is 4.39 Å². The summed E-state index contributed by atoms with van der Waals surface area (Å²) >= 11 is 0. The summed E-state index contributed by atoms with van der Waals surface area (Å²) < 4.78 is 14.8. The van der Waals surface area contributed by atoms with Crippen LogP contribution in [0.4, 0.5) is 4.39 Å². The molecule has 0 fully saturated rings. The van der Waals surface area contributed by atoms with E-state index in [1.807, 2.05) is 67.6 Å². The molecule has 3 amide bonds. The van der Waals surface area contributed by atoms with E-state index in [1.165, 1.54) is 6.07 Å². The molecule has 41 heavy (non-hydrogen) atoms. The Bertz CT molecular complexity index is 1340. The van der Waals surface area contributed by atoms with E-state index in [1.54, 1.807) is 32.9 Å². The summed E-state index contributed by atoms with van der Waals surface area (Å²) in [5.74, 6) is -2.51. The maximum atomic E-state index is 14.8. The molecule has 0 aromatic heterocycles. The van der Waals surface area contributed by atoms with Gasteiger partial charge in [0.2, 0.25) is 11.8 Å². The molecule has 3 aromatic rings. The molecule has 0 aliphatic rings. The number of rotatable bonds is 12. The molecule has 3 rings (SSSR count). The Labute approximate surface area is 241 Å². The van der Waals surface area contributed by atoms with Crippen LogP contribution in [-0.4, -0.2) is 34.5 Å². The summed E-state index contributed by atoms with van der Waals surface area (Å²) in [5, 5.41) is 17.0. The van der Waals surface area contributed by atoms with Gasteiger partial charge in [0.15, 0.2) is 5.60 Å². The first-order valence-corrected chi connectivity index (χ1v) is 13.8. The molecule has 0 saturated carbocycles. The van der Waals surface area contributed by atoms with Crippen LogP contribution in [0.1, 0.15) is 64.1 Å². The van der Waals surface area contributed by atoms with E-state index in [0.29, 0.717) is 17.5 Å². The quantitative estimate of drug-likeness (QED) is 0.253. The Hall–Kier alpha value is -4.04. The van der Waals surface area contributed by atoms with Crippen molar-refractivity contribution in [3.8, 4) is 11.1 Å². The molecule has 0 bridgehead atoms. The number of amides is 3. The molecule has 218 valence electrons. The van der Waals surface area contributed by atoms with Crippen LogP contribution in [0.15, 0.2) is 78.9 Å². The van der Waals surface area contributed by atoms with Gasteiger partial charge in [-0.3, -0.25) is 14.4 Å². The number of halogens is 1. The third-order valence-electron chi connectivity index (χ3n) is 7.15. The summed E-state index contributed by atoms with van der Waals surface area (Å²) in [6.07, 6.45) is -0.135. The molecule has 7 nitrogen and oxygen atoms in total. The predicted octanol–water partition coefficient (Wildman–Crippen LogP) is 4.83. The van der Waals surface area contributed by atoms with Crippen LogP contribution in [0.2, 0.25) is 0 Å². The summed E-state index contributed by atoms with van der Waals surface area (Å²) in [4.78, 5) is 38.7. The lowest BCUT2D eigenvalue weighted by molar-refractivity contribution is -0.148. The van der Waals surface area contributed by atoms with Crippen molar-refractivity contribution in [2.75, 3.05) is 0 Å². The Kier molecular flexibility index (Phi) is 10.4. The second kappa shape index (κ2) is 13.5. The monoisotopic (exact) mass is 561 g/mol. The van der Waals surface area contributed by atoms with Crippen molar-refractivity contribution in [1.29, 1.82) is 0 Å². The molecule has 3 aromatic carbocycles. The van der Waals surface area contributed by atoms with Crippen LogP contribution < -0.4 is 16.4 Å². The van der Waals surface area contributed by atoms with Crippen molar-refractivity contribution < 1.29 is 23.9 Å². The first-order valence-electron chi connectivity index (χ1n) is 13.8. The number of hydrogen-bond acceptors (Lipinski definition) is 4. The third kappa shape index (κ3) is 8.47. The molecule has 8 heteroatoms. The van der Waals surface area contributed by atoms with E-state index >= 15 is 0 Å². The van der Waals surface area contributed by atoms with E-state index < -0.39 is 41.2 Å². The standard InChI is InChI=1S/C33H40FN3O4/c1-22(23-13-7-5-8-14-23)36-30(39)29(32(2,3)4)37-31(40)33(41,21-27(35)38)20-12-18-25-17-11-19-26(34)28(25)24-15-9-6-10-16-24/h5-11,13-17,19,22,29,41H,12,18,20-21H2,1-4H3,(H2,35,38)(H,36,39)(H,37,40)/t22-,29-,33-/m1/s1. The van der Waals surface area contributed by atoms with Gasteiger partial charge < -0.3 is 21.5 Å². The second-order valence-corrected chi connectivity index (χ2v) is 11.6. The van der Waals surface area contributed by atoms with Crippen molar-refractivity contribution >= 4 is 17.7 Å². The highest BCUT2D eigenvalue weighted by Crippen LogP contribution is 2.30. The molecule has 0 radical (unpaired) electrons. The molecular weight excluding hydrogens is 521 g/mol. The minimum atomic E-state index is -2.15. The number of nitrogens with two attached hydrogens (primary N) is 1. The van der Waals surface area contributed by atoms with Crippen LogP contribution in [-0.2, 0) is 20.8 Å². The molecule has 3 atom stereocenters.